The third-order valence-corrected chi connectivity index (χ3v) is 5.66. The van der Waals surface area contributed by atoms with Crippen molar-refractivity contribution in [2.24, 2.45) is 0 Å². The molecule has 6 nitrogen and oxygen atoms in total. The molecule has 0 aliphatic rings. The number of amides is 2. The van der Waals surface area contributed by atoms with Gasteiger partial charge in [-0.05, 0) is 49.4 Å². The number of rotatable bonds is 10. The zero-order valence-electron chi connectivity index (χ0n) is 19.6. The van der Waals surface area contributed by atoms with Gasteiger partial charge in [0, 0.05) is 33.5 Å². The van der Waals surface area contributed by atoms with Crippen molar-refractivity contribution in [3.05, 3.63) is 114 Å². The summed E-state index contributed by atoms with van der Waals surface area (Å²) in [5, 5.41) is 5.35. The first-order valence-electron chi connectivity index (χ1n) is 11.2. The fraction of sp³-hybridized carbons (Fsp3) is 0.107. The zero-order valence-corrected chi connectivity index (χ0v) is 20.4. The number of carbonyl (C=O) groups excluding carboxylic acids is 3. The van der Waals surface area contributed by atoms with Crippen molar-refractivity contribution in [1.82, 2.24) is 5.32 Å². The number of anilines is 1. The number of nitrogens with one attached hydrogen (secondary N) is 2. The van der Waals surface area contributed by atoms with E-state index in [9.17, 15) is 18.8 Å². The first-order chi connectivity index (χ1) is 17.5. The van der Waals surface area contributed by atoms with Crippen LogP contribution in [0.5, 0.6) is 0 Å². The Bertz CT molecular complexity index is 1280. The lowest BCUT2D eigenvalue weighted by molar-refractivity contribution is -0.137. The molecule has 0 aromatic heterocycles. The molecular weight excluding hydrogens is 479 g/mol. The van der Waals surface area contributed by atoms with Crippen molar-refractivity contribution < 1.29 is 23.5 Å². The molecule has 0 fully saturated rings. The van der Waals surface area contributed by atoms with Crippen molar-refractivity contribution in [1.29, 1.82) is 0 Å². The second-order valence-electron chi connectivity index (χ2n) is 7.35. The second kappa shape index (κ2) is 13.7. The van der Waals surface area contributed by atoms with Gasteiger partial charge in [0.1, 0.15) is 11.5 Å². The molecule has 0 radical (unpaired) electrons. The molecule has 184 valence electrons. The highest BCUT2D eigenvalue weighted by molar-refractivity contribution is 7.99. The summed E-state index contributed by atoms with van der Waals surface area (Å²) in [6.45, 7) is 2.06. The Kier molecular flexibility index (Phi) is 10.0. The fourth-order valence-electron chi connectivity index (χ4n) is 3.03. The predicted octanol–water partition coefficient (Wildman–Crippen LogP) is 5.45. The molecule has 0 spiro atoms. The number of ether oxygens (including phenoxy) is 1. The van der Waals surface area contributed by atoms with Crippen LogP contribution < -0.4 is 10.6 Å². The first kappa shape index (κ1) is 26.4. The Labute approximate surface area is 213 Å². The summed E-state index contributed by atoms with van der Waals surface area (Å²) < 4.78 is 19.1. The van der Waals surface area contributed by atoms with Gasteiger partial charge in [-0.15, -0.1) is 11.8 Å². The molecule has 2 N–H and O–H groups in total. The Hall–Kier alpha value is -4.17. The van der Waals surface area contributed by atoms with E-state index in [0.29, 0.717) is 23.6 Å². The largest absolute Gasteiger partial charge is 0.463 e. The summed E-state index contributed by atoms with van der Waals surface area (Å²) in [6, 6.07) is 21.5. The van der Waals surface area contributed by atoms with Crippen LogP contribution in [0.4, 0.5) is 10.1 Å². The number of benzene rings is 3. The minimum absolute atomic E-state index is 0.107. The highest BCUT2D eigenvalue weighted by Crippen LogP contribution is 2.22. The lowest BCUT2D eigenvalue weighted by Gasteiger charge is -2.12. The summed E-state index contributed by atoms with van der Waals surface area (Å²) in [4.78, 5) is 38.1. The smallest absolute Gasteiger partial charge is 0.330 e. The van der Waals surface area contributed by atoms with E-state index in [4.69, 9.17) is 4.74 Å². The summed E-state index contributed by atoms with van der Waals surface area (Å²) in [5.74, 6) is -1.49. The Morgan fingerprint density at radius 2 is 1.72 bits per heavy atom. The van der Waals surface area contributed by atoms with E-state index in [1.165, 1.54) is 36.0 Å². The van der Waals surface area contributed by atoms with Crippen LogP contribution in [0.15, 0.2) is 102 Å². The van der Waals surface area contributed by atoms with E-state index in [1.807, 2.05) is 6.07 Å². The van der Waals surface area contributed by atoms with Gasteiger partial charge in [0.25, 0.3) is 11.8 Å². The Morgan fingerprint density at radius 1 is 0.972 bits per heavy atom. The number of hydrogen-bond donors (Lipinski definition) is 2. The molecule has 0 atom stereocenters. The molecule has 0 saturated heterocycles. The molecule has 0 bridgehead atoms. The Balaban J connectivity index is 1.75. The van der Waals surface area contributed by atoms with Gasteiger partial charge < -0.3 is 15.4 Å². The lowest BCUT2D eigenvalue weighted by atomic mass is 10.1. The summed E-state index contributed by atoms with van der Waals surface area (Å²) in [7, 11) is 0. The average Bonchev–Trinajstić information content (AvgIpc) is 2.88. The Morgan fingerprint density at radius 3 is 2.47 bits per heavy atom. The predicted molar refractivity (Wildman–Crippen MR) is 140 cm³/mol. The monoisotopic (exact) mass is 504 g/mol. The minimum atomic E-state index is -0.605. The van der Waals surface area contributed by atoms with Gasteiger partial charge in [0.2, 0.25) is 0 Å². The van der Waals surface area contributed by atoms with Crippen LogP contribution >= 0.6 is 11.8 Å². The summed E-state index contributed by atoms with van der Waals surface area (Å²) in [6.07, 6.45) is 4.36. The van der Waals surface area contributed by atoms with E-state index in [0.717, 1.165) is 4.90 Å². The first-order valence-corrected chi connectivity index (χ1v) is 12.1. The highest BCUT2D eigenvalue weighted by atomic mass is 32.2. The number of thioether (sulfide) groups is 1. The van der Waals surface area contributed by atoms with Crippen LogP contribution in [0.1, 0.15) is 22.8 Å². The number of esters is 1. The molecule has 0 aliphatic heterocycles. The second-order valence-corrected chi connectivity index (χ2v) is 8.44. The molecule has 0 aliphatic carbocycles. The van der Waals surface area contributed by atoms with Gasteiger partial charge in [-0.3, -0.25) is 9.59 Å². The van der Waals surface area contributed by atoms with Gasteiger partial charge in [-0.2, -0.15) is 0 Å². The van der Waals surface area contributed by atoms with Crippen molar-refractivity contribution >= 4 is 41.3 Å². The minimum Gasteiger partial charge on any atom is -0.463 e. The summed E-state index contributed by atoms with van der Waals surface area (Å²) >= 11 is 1.46. The van der Waals surface area contributed by atoms with Crippen LogP contribution in [0.2, 0.25) is 0 Å². The normalized spacial score (nSPS) is 11.2. The van der Waals surface area contributed by atoms with Crippen LogP contribution in [0.3, 0.4) is 0 Å². The maximum Gasteiger partial charge on any atom is 0.330 e. The van der Waals surface area contributed by atoms with Gasteiger partial charge in [-0.25, -0.2) is 9.18 Å². The van der Waals surface area contributed by atoms with Crippen molar-refractivity contribution in [2.75, 3.05) is 17.7 Å². The van der Waals surface area contributed by atoms with Crippen molar-refractivity contribution in [3.8, 4) is 0 Å². The molecule has 0 heterocycles. The van der Waals surface area contributed by atoms with Crippen LogP contribution in [-0.4, -0.2) is 30.1 Å². The molecular formula is C28H25FN2O4S. The van der Waals surface area contributed by atoms with Gasteiger partial charge >= 0.3 is 5.97 Å². The number of carbonyl (C=O) groups is 3. The molecule has 0 unspecified atom stereocenters. The third kappa shape index (κ3) is 8.25. The molecule has 3 aromatic carbocycles. The van der Waals surface area contributed by atoms with E-state index in [2.05, 4.69) is 10.6 Å². The maximum absolute atomic E-state index is 14.3. The fourth-order valence-corrected chi connectivity index (χ4v) is 3.80. The lowest BCUT2D eigenvalue weighted by Crippen LogP contribution is -2.30. The molecule has 0 saturated carbocycles. The molecule has 36 heavy (non-hydrogen) atoms. The van der Waals surface area contributed by atoms with Crippen molar-refractivity contribution in [3.63, 3.8) is 0 Å². The van der Waals surface area contributed by atoms with E-state index >= 15 is 0 Å². The van der Waals surface area contributed by atoms with E-state index in [-0.39, 0.29) is 11.3 Å². The van der Waals surface area contributed by atoms with E-state index < -0.39 is 23.6 Å². The summed E-state index contributed by atoms with van der Waals surface area (Å²) in [5.41, 5.74) is 0.907. The molecule has 3 aromatic rings. The van der Waals surface area contributed by atoms with E-state index in [1.54, 1.807) is 73.7 Å². The quantitative estimate of drug-likeness (QED) is 0.218. The van der Waals surface area contributed by atoms with Gasteiger partial charge in [0.15, 0.2) is 0 Å². The van der Waals surface area contributed by atoms with Crippen molar-refractivity contribution in [2.45, 2.75) is 11.8 Å². The standard InChI is InChI=1S/C28H25FN2O4S/c1-2-35-26(32)16-9-17-36-23-14-8-13-22(19-23)30-28(34)25(18-21-12-6-7-15-24(21)29)31-27(33)20-10-4-3-5-11-20/h3-16,18-19H,2,17H2,1H3,(H,30,34)(H,31,33)/b16-9+,25-18+. The molecule has 2 amide bonds. The van der Waals surface area contributed by atoms with Crippen LogP contribution in [0.25, 0.3) is 6.08 Å². The molecule has 8 heteroatoms. The maximum atomic E-state index is 14.3. The van der Waals surface area contributed by atoms with Crippen LogP contribution in [-0.2, 0) is 14.3 Å². The topological polar surface area (TPSA) is 84.5 Å². The molecule has 3 rings (SSSR count). The average molecular weight is 505 g/mol. The van der Waals surface area contributed by atoms with Gasteiger partial charge in [-0.1, -0.05) is 48.5 Å². The highest BCUT2D eigenvalue weighted by Gasteiger charge is 2.16. The zero-order chi connectivity index (χ0) is 25.8. The SMILES string of the molecule is CCOC(=O)/C=C/CSc1cccc(NC(=O)/C(=C\c2ccccc2F)NC(=O)c2ccccc2)c1. The van der Waals surface area contributed by atoms with Gasteiger partial charge in [0.05, 0.1) is 6.61 Å². The number of halogens is 1. The third-order valence-electron chi connectivity index (χ3n) is 4.71. The number of hydrogen-bond acceptors (Lipinski definition) is 5. The van der Waals surface area contributed by atoms with Crippen LogP contribution in [0, 0.1) is 5.82 Å².